The number of hydrogen-bond acceptors (Lipinski definition) is 6. The number of hydrogen-bond donors (Lipinski definition) is 2. The quantitative estimate of drug-likeness (QED) is 0.337. The summed E-state index contributed by atoms with van der Waals surface area (Å²) < 4.78 is 22.2. The summed E-state index contributed by atoms with van der Waals surface area (Å²) in [6.07, 6.45) is 5.98. The third kappa shape index (κ3) is 6.03. The van der Waals surface area contributed by atoms with Gasteiger partial charge < -0.3 is 10.5 Å². The number of halogens is 1. The Morgan fingerprint density at radius 3 is 2.83 bits per heavy atom. The molecule has 0 unspecified atom stereocenters. The number of amides is 1. The van der Waals surface area contributed by atoms with Crippen molar-refractivity contribution in [3.63, 3.8) is 0 Å². The van der Waals surface area contributed by atoms with Gasteiger partial charge in [-0.2, -0.15) is 5.10 Å². The van der Waals surface area contributed by atoms with Crippen LogP contribution >= 0.6 is 11.8 Å². The van der Waals surface area contributed by atoms with Crippen LogP contribution < -0.4 is 11.1 Å². The van der Waals surface area contributed by atoms with Gasteiger partial charge in [0, 0.05) is 35.8 Å². The number of anilines is 1. The molecular weight excluding hydrogens is 465 g/mol. The number of ether oxygens (including phenoxy) is 1. The average Bonchev–Trinajstić information content (AvgIpc) is 3.19. The Morgan fingerprint density at radius 2 is 2.20 bits per heavy atom. The van der Waals surface area contributed by atoms with E-state index < -0.39 is 11.9 Å². The minimum absolute atomic E-state index is 0.202. The van der Waals surface area contributed by atoms with E-state index in [0.717, 1.165) is 33.2 Å². The Bertz CT molecular complexity index is 1200. The molecule has 3 rings (SSSR count). The van der Waals surface area contributed by atoms with E-state index in [4.69, 9.17) is 15.6 Å². The molecule has 1 heterocycles. The summed E-state index contributed by atoms with van der Waals surface area (Å²) in [6.45, 7) is 10.0. The van der Waals surface area contributed by atoms with Gasteiger partial charge in [-0.1, -0.05) is 39.5 Å². The van der Waals surface area contributed by atoms with Crippen LogP contribution in [0.3, 0.4) is 0 Å². The largest absolute Gasteiger partial charge is 0.449 e. The van der Waals surface area contributed by atoms with Crippen molar-refractivity contribution in [2.24, 2.45) is 16.6 Å². The van der Waals surface area contributed by atoms with Crippen LogP contribution in [0.4, 0.5) is 14.9 Å². The number of nitrogens with one attached hydrogen (secondary N) is 1. The molecule has 0 saturated carbocycles. The van der Waals surface area contributed by atoms with E-state index in [2.05, 4.69) is 16.9 Å². The second-order valence-electron chi connectivity index (χ2n) is 8.40. The van der Waals surface area contributed by atoms with Gasteiger partial charge in [-0.3, -0.25) is 10.3 Å². The summed E-state index contributed by atoms with van der Waals surface area (Å²) >= 11 is 1.61. The number of aromatic nitrogens is 2. The third-order valence-corrected chi connectivity index (χ3v) is 6.27. The van der Waals surface area contributed by atoms with Crippen LogP contribution in [0.15, 0.2) is 47.6 Å². The third-order valence-electron chi connectivity index (χ3n) is 5.23. The normalized spacial score (nSPS) is 13.9. The van der Waals surface area contributed by atoms with Crippen molar-refractivity contribution in [1.82, 2.24) is 9.78 Å². The molecule has 35 heavy (non-hydrogen) atoms. The molecule has 1 amide bonds. The van der Waals surface area contributed by atoms with E-state index >= 15 is 4.39 Å². The van der Waals surface area contributed by atoms with Crippen LogP contribution in [0.2, 0.25) is 0 Å². The van der Waals surface area contributed by atoms with Gasteiger partial charge in [0.15, 0.2) is 5.82 Å². The van der Waals surface area contributed by atoms with E-state index in [-0.39, 0.29) is 18.2 Å². The molecule has 7 nitrogen and oxygen atoms in total. The molecule has 1 aliphatic carbocycles. The summed E-state index contributed by atoms with van der Waals surface area (Å²) in [7, 11) is 1.69. The molecule has 1 aliphatic rings. The second kappa shape index (κ2) is 11.9. The Labute approximate surface area is 210 Å². The van der Waals surface area contributed by atoms with Gasteiger partial charge in [-0.15, -0.1) is 11.8 Å². The molecular formula is C26H32FN5O2S. The van der Waals surface area contributed by atoms with Crippen molar-refractivity contribution in [1.29, 1.82) is 0 Å². The summed E-state index contributed by atoms with van der Waals surface area (Å²) in [4.78, 5) is 17.1. The van der Waals surface area contributed by atoms with E-state index in [9.17, 15) is 4.79 Å². The van der Waals surface area contributed by atoms with Crippen LogP contribution in [-0.4, -0.2) is 41.5 Å². The summed E-state index contributed by atoms with van der Waals surface area (Å²) in [5.41, 5.74) is 11.0. The Morgan fingerprint density at radius 1 is 1.43 bits per heavy atom. The lowest BCUT2D eigenvalue weighted by atomic mass is 9.96. The molecule has 0 aliphatic heterocycles. The van der Waals surface area contributed by atoms with Crippen LogP contribution in [0.1, 0.15) is 44.1 Å². The second-order valence-corrected chi connectivity index (χ2v) is 9.68. The van der Waals surface area contributed by atoms with Gasteiger partial charge in [0.1, 0.15) is 5.69 Å². The molecule has 2 aromatic rings. The minimum Gasteiger partial charge on any atom is -0.449 e. The highest BCUT2D eigenvalue weighted by Crippen LogP contribution is 2.41. The molecule has 0 fully saturated rings. The fourth-order valence-corrected chi connectivity index (χ4v) is 4.68. The smallest absolute Gasteiger partial charge is 0.411 e. The number of allylic oxidation sites excluding steroid dienone is 4. The van der Waals surface area contributed by atoms with Gasteiger partial charge >= 0.3 is 6.09 Å². The predicted molar refractivity (Wildman–Crippen MR) is 143 cm³/mol. The maximum atomic E-state index is 15.4. The van der Waals surface area contributed by atoms with Crippen LogP contribution in [0, 0.1) is 11.7 Å². The molecule has 9 heteroatoms. The zero-order valence-electron chi connectivity index (χ0n) is 20.6. The Balaban J connectivity index is 2.10. The van der Waals surface area contributed by atoms with E-state index in [1.165, 1.54) is 6.07 Å². The number of carbonyl (C=O) groups excluding carboxylic acids is 1. The summed E-state index contributed by atoms with van der Waals surface area (Å²) in [6, 6.07) is 4.48. The number of fused-ring (bicyclic) bond motifs is 1. The lowest BCUT2D eigenvalue weighted by Gasteiger charge is -2.20. The number of nitrogens with zero attached hydrogens (tertiary/aromatic N) is 3. The minimum atomic E-state index is -0.625. The summed E-state index contributed by atoms with van der Waals surface area (Å²) in [5.74, 6) is 0.478. The zero-order chi connectivity index (χ0) is 25.5. The Hall–Kier alpha value is -3.33. The highest BCUT2D eigenvalue weighted by Gasteiger charge is 2.29. The lowest BCUT2D eigenvalue weighted by Crippen LogP contribution is -2.17. The molecule has 3 N–H and O–H groups in total. The maximum absolute atomic E-state index is 15.4. The van der Waals surface area contributed by atoms with E-state index in [1.54, 1.807) is 47.9 Å². The number of rotatable bonds is 9. The van der Waals surface area contributed by atoms with Crippen molar-refractivity contribution in [3.8, 4) is 5.69 Å². The first-order chi connectivity index (χ1) is 16.8. The highest BCUT2D eigenvalue weighted by molar-refractivity contribution is 8.08. The van der Waals surface area contributed by atoms with Gasteiger partial charge in [-0.25, -0.2) is 13.9 Å². The van der Waals surface area contributed by atoms with Crippen molar-refractivity contribution < 1.29 is 13.9 Å². The number of nitrogens with two attached hydrogens (primary N) is 1. The molecule has 1 aromatic heterocycles. The SMILES string of the molecule is C=C/C=C(\C=NC)c1nn(-c2ccc(NC(=O)OCC(C)C)cc2F)c2c1CCC(N)=C2SCC. The van der Waals surface area contributed by atoms with E-state index in [1.807, 2.05) is 26.8 Å². The number of benzene rings is 1. The van der Waals surface area contributed by atoms with Crippen LogP contribution in [0.5, 0.6) is 0 Å². The Kier molecular flexibility index (Phi) is 8.92. The van der Waals surface area contributed by atoms with Gasteiger partial charge in [-0.05, 0) is 42.7 Å². The van der Waals surface area contributed by atoms with E-state index in [0.29, 0.717) is 24.2 Å². The predicted octanol–water partition coefficient (Wildman–Crippen LogP) is 5.81. The van der Waals surface area contributed by atoms with Gasteiger partial charge in [0.2, 0.25) is 0 Å². The monoisotopic (exact) mass is 497 g/mol. The van der Waals surface area contributed by atoms with Crippen LogP contribution in [-0.2, 0) is 11.2 Å². The molecule has 186 valence electrons. The number of thioether (sulfide) groups is 1. The molecule has 0 spiro atoms. The molecule has 0 bridgehead atoms. The first kappa shape index (κ1) is 26.3. The molecule has 0 atom stereocenters. The molecule has 0 radical (unpaired) electrons. The van der Waals surface area contributed by atoms with Gasteiger partial charge in [0.25, 0.3) is 0 Å². The fourth-order valence-electron chi connectivity index (χ4n) is 3.76. The average molecular weight is 498 g/mol. The standard InChI is InChI=1S/C26H32FN5O2S/c1-6-8-17(14-29-5)23-19-10-11-21(28)25(35-7-2)24(19)32(31-23)22-12-9-18(13-20(22)27)30-26(33)34-15-16(3)4/h6,8-9,12-14,16H,1,7,10-11,15,28H2,2-5H3,(H,30,33)/b17-8+,29-14?. The number of aliphatic imine (C=N–C) groups is 1. The topological polar surface area (TPSA) is 94.5 Å². The highest BCUT2D eigenvalue weighted by atomic mass is 32.2. The lowest BCUT2D eigenvalue weighted by molar-refractivity contribution is 0.147. The van der Waals surface area contributed by atoms with Crippen molar-refractivity contribution in [2.45, 2.75) is 33.6 Å². The zero-order valence-corrected chi connectivity index (χ0v) is 21.4. The number of carbonyl (C=O) groups is 1. The maximum Gasteiger partial charge on any atom is 0.411 e. The van der Waals surface area contributed by atoms with Gasteiger partial charge in [0.05, 0.1) is 22.9 Å². The molecule has 1 aromatic carbocycles. The van der Waals surface area contributed by atoms with Crippen molar-refractivity contribution >= 4 is 40.2 Å². The van der Waals surface area contributed by atoms with Crippen molar-refractivity contribution in [2.75, 3.05) is 24.7 Å². The molecule has 0 saturated heterocycles. The first-order valence-corrected chi connectivity index (χ1v) is 12.5. The van der Waals surface area contributed by atoms with Crippen LogP contribution in [0.25, 0.3) is 16.2 Å². The summed E-state index contributed by atoms with van der Waals surface area (Å²) in [5, 5.41) is 7.39. The van der Waals surface area contributed by atoms with Crippen molar-refractivity contribution in [3.05, 3.63) is 65.4 Å². The fraction of sp³-hybridized carbons (Fsp3) is 0.346. The first-order valence-electron chi connectivity index (χ1n) is 11.5.